The van der Waals surface area contributed by atoms with E-state index in [1.807, 2.05) is 0 Å². The SMILES string of the molecule is CCC(C(=O)O)n1c(=NC(=O)c2ccc(F)c(Cl)c2)sc2c(Cl)cccc21. The van der Waals surface area contributed by atoms with Gasteiger partial charge in [0.25, 0.3) is 5.91 Å². The van der Waals surface area contributed by atoms with E-state index >= 15 is 0 Å². The molecule has 5 nitrogen and oxygen atoms in total. The van der Waals surface area contributed by atoms with Crippen LogP contribution in [-0.4, -0.2) is 21.6 Å². The third kappa shape index (κ3) is 3.76. The van der Waals surface area contributed by atoms with Gasteiger partial charge in [-0.2, -0.15) is 4.99 Å². The number of nitrogens with zero attached hydrogens (tertiary/aromatic N) is 2. The summed E-state index contributed by atoms with van der Waals surface area (Å²) in [6.07, 6.45) is 0.289. The molecule has 0 aliphatic carbocycles. The van der Waals surface area contributed by atoms with Crippen LogP contribution in [0.15, 0.2) is 41.4 Å². The maximum absolute atomic E-state index is 13.3. The van der Waals surface area contributed by atoms with Crippen molar-refractivity contribution < 1.29 is 19.1 Å². The van der Waals surface area contributed by atoms with E-state index < -0.39 is 23.7 Å². The van der Waals surface area contributed by atoms with Gasteiger partial charge in [0.1, 0.15) is 11.9 Å². The summed E-state index contributed by atoms with van der Waals surface area (Å²) in [5, 5.41) is 9.82. The Morgan fingerprint density at radius 2 is 2.00 bits per heavy atom. The van der Waals surface area contributed by atoms with Crippen LogP contribution in [0.25, 0.3) is 10.2 Å². The van der Waals surface area contributed by atoms with Crippen LogP contribution in [0.2, 0.25) is 10.0 Å². The Balaban J connectivity index is 2.24. The van der Waals surface area contributed by atoms with Gasteiger partial charge in [0.2, 0.25) is 0 Å². The first-order chi connectivity index (χ1) is 12.8. The van der Waals surface area contributed by atoms with E-state index in [1.54, 1.807) is 25.1 Å². The number of rotatable bonds is 4. The molecule has 1 aromatic heterocycles. The van der Waals surface area contributed by atoms with E-state index in [4.69, 9.17) is 23.2 Å². The summed E-state index contributed by atoms with van der Waals surface area (Å²) < 4.78 is 15.4. The number of aliphatic carboxylic acids is 1. The molecule has 1 N–H and O–H groups in total. The van der Waals surface area contributed by atoms with Crippen molar-refractivity contribution in [1.29, 1.82) is 0 Å². The number of amides is 1. The van der Waals surface area contributed by atoms with Gasteiger partial charge in [-0.25, -0.2) is 9.18 Å². The van der Waals surface area contributed by atoms with E-state index in [2.05, 4.69) is 4.99 Å². The van der Waals surface area contributed by atoms with E-state index in [9.17, 15) is 19.1 Å². The number of thiazole rings is 1. The van der Waals surface area contributed by atoms with E-state index in [-0.39, 0.29) is 21.8 Å². The zero-order chi connectivity index (χ0) is 19.7. The molecule has 0 fully saturated rings. The fraction of sp³-hybridized carbons (Fsp3) is 0.167. The number of carboxylic acids is 1. The molecule has 0 radical (unpaired) electrons. The fourth-order valence-corrected chi connectivity index (χ4v) is 4.20. The third-order valence-corrected chi connectivity index (χ3v) is 5.77. The second-order valence-electron chi connectivity index (χ2n) is 5.65. The van der Waals surface area contributed by atoms with Crippen LogP contribution in [0.5, 0.6) is 0 Å². The van der Waals surface area contributed by atoms with Crippen molar-refractivity contribution in [3.63, 3.8) is 0 Å². The van der Waals surface area contributed by atoms with E-state index in [0.717, 1.165) is 17.4 Å². The molecule has 27 heavy (non-hydrogen) atoms. The van der Waals surface area contributed by atoms with Gasteiger partial charge in [0, 0.05) is 5.56 Å². The van der Waals surface area contributed by atoms with Gasteiger partial charge in [0.15, 0.2) is 4.80 Å². The first kappa shape index (κ1) is 19.5. The summed E-state index contributed by atoms with van der Waals surface area (Å²) >= 11 is 13.1. The molecule has 0 saturated carbocycles. The Morgan fingerprint density at radius 1 is 1.26 bits per heavy atom. The number of carboxylic acid groups (broad SMARTS) is 1. The molecular formula is C18H13Cl2FN2O3S. The van der Waals surface area contributed by atoms with Crippen molar-refractivity contribution in [3.05, 3.63) is 62.6 Å². The molecule has 1 amide bonds. The summed E-state index contributed by atoms with van der Waals surface area (Å²) in [6.45, 7) is 1.73. The standard InChI is InChI=1S/C18H13Cl2FN2O3S/c1-2-13(17(25)26)23-14-5-3-4-10(19)15(14)27-18(23)22-16(24)9-6-7-12(21)11(20)8-9/h3-8,13H,2H2,1H3,(H,25,26). The highest BCUT2D eigenvalue weighted by molar-refractivity contribution is 7.17. The molecule has 1 unspecified atom stereocenters. The molecule has 0 aliphatic heterocycles. The molecule has 140 valence electrons. The number of benzene rings is 2. The maximum Gasteiger partial charge on any atom is 0.326 e. The highest BCUT2D eigenvalue weighted by Crippen LogP contribution is 2.29. The number of hydrogen-bond donors (Lipinski definition) is 1. The highest BCUT2D eigenvalue weighted by Gasteiger charge is 2.23. The lowest BCUT2D eigenvalue weighted by Gasteiger charge is -2.13. The number of aromatic nitrogens is 1. The predicted molar refractivity (Wildman–Crippen MR) is 103 cm³/mol. The molecule has 2 aromatic carbocycles. The molecule has 1 heterocycles. The first-order valence-corrected chi connectivity index (χ1v) is 9.47. The number of carbonyl (C=O) groups excluding carboxylic acids is 1. The number of fused-ring (bicyclic) bond motifs is 1. The Labute approximate surface area is 167 Å². The van der Waals surface area contributed by atoms with Crippen LogP contribution >= 0.6 is 34.5 Å². The summed E-state index contributed by atoms with van der Waals surface area (Å²) in [6, 6.07) is 7.72. The van der Waals surface area contributed by atoms with Gasteiger partial charge in [0.05, 0.1) is 20.3 Å². The van der Waals surface area contributed by atoms with Crippen molar-refractivity contribution in [2.24, 2.45) is 4.99 Å². The molecule has 1 atom stereocenters. The van der Waals surface area contributed by atoms with Gasteiger partial charge in [-0.15, -0.1) is 0 Å². The van der Waals surface area contributed by atoms with Crippen LogP contribution in [0.1, 0.15) is 29.7 Å². The van der Waals surface area contributed by atoms with Crippen molar-refractivity contribution in [3.8, 4) is 0 Å². The van der Waals surface area contributed by atoms with Gasteiger partial charge in [-0.1, -0.05) is 47.5 Å². The molecule has 3 aromatic rings. The minimum absolute atomic E-state index is 0.0971. The zero-order valence-electron chi connectivity index (χ0n) is 13.9. The van der Waals surface area contributed by atoms with Gasteiger partial charge >= 0.3 is 5.97 Å². The fourth-order valence-electron chi connectivity index (χ4n) is 2.66. The summed E-state index contributed by atoms with van der Waals surface area (Å²) in [7, 11) is 0. The van der Waals surface area contributed by atoms with Crippen LogP contribution in [0, 0.1) is 5.82 Å². The maximum atomic E-state index is 13.3. The predicted octanol–water partition coefficient (Wildman–Crippen LogP) is 4.93. The highest BCUT2D eigenvalue weighted by atomic mass is 35.5. The Bertz CT molecular complexity index is 1120. The average Bonchev–Trinajstić information content (AvgIpc) is 2.97. The lowest BCUT2D eigenvalue weighted by atomic mass is 10.2. The molecule has 9 heteroatoms. The first-order valence-electron chi connectivity index (χ1n) is 7.90. The van der Waals surface area contributed by atoms with Crippen LogP contribution in [0.4, 0.5) is 4.39 Å². The quantitative estimate of drug-likeness (QED) is 0.642. The van der Waals surface area contributed by atoms with Gasteiger partial charge < -0.3 is 9.67 Å². The summed E-state index contributed by atoms with van der Waals surface area (Å²) in [5.74, 6) is -2.35. The van der Waals surface area contributed by atoms with Crippen LogP contribution in [-0.2, 0) is 4.79 Å². The Morgan fingerprint density at radius 3 is 2.63 bits per heavy atom. The van der Waals surface area contributed by atoms with Crippen molar-refractivity contribution >= 4 is 56.6 Å². The number of carbonyl (C=O) groups is 2. The topological polar surface area (TPSA) is 71.7 Å². The zero-order valence-corrected chi connectivity index (χ0v) is 16.3. The molecular weight excluding hydrogens is 414 g/mol. The molecule has 0 spiro atoms. The average molecular weight is 427 g/mol. The second kappa shape index (κ2) is 7.80. The summed E-state index contributed by atoms with van der Waals surface area (Å²) in [5.41, 5.74) is 0.672. The van der Waals surface area contributed by atoms with Crippen LogP contribution < -0.4 is 4.80 Å². The smallest absolute Gasteiger partial charge is 0.326 e. The van der Waals surface area contributed by atoms with E-state index in [0.29, 0.717) is 15.2 Å². The van der Waals surface area contributed by atoms with Crippen molar-refractivity contribution in [2.75, 3.05) is 0 Å². The summed E-state index contributed by atoms with van der Waals surface area (Å²) in [4.78, 5) is 28.5. The van der Waals surface area contributed by atoms with Crippen LogP contribution in [0.3, 0.4) is 0 Å². The largest absolute Gasteiger partial charge is 0.480 e. The minimum Gasteiger partial charge on any atom is -0.480 e. The van der Waals surface area contributed by atoms with Crippen molar-refractivity contribution in [1.82, 2.24) is 4.57 Å². The van der Waals surface area contributed by atoms with E-state index in [1.165, 1.54) is 16.7 Å². The lowest BCUT2D eigenvalue weighted by Crippen LogP contribution is -2.27. The Hall–Kier alpha value is -2.22. The molecule has 0 saturated heterocycles. The number of hydrogen-bond acceptors (Lipinski definition) is 3. The second-order valence-corrected chi connectivity index (χ2v) is 7.44. The normalized spacial score (nSPS) is 13.1. The monoisotopic (exact) mass is 426 g/mol. The molecule has 3 rings (SSSR count). The molecule has 0 aliphatic rings. The minimum atomic E-state index is -1.05. The molecule has 0 bridgehead atoms. The Kier molecular flexibility index (Phi) is 5.64. The third-order valence-electron chi connectivity index (χ3n) is 3.95. The number of halogens is 3. The lowest BCUT2D eigenvalue weighted by molar-refractivity contribution is -0.140. The van der Waals surface area contributed by atoms with Gasteiger partial charge in [-0.3, -0.25) is 4.79 Å². The van der Waals surface area contributed by atoms with Gasteiger partial charge in [-0.05, 0) is 36.8 Å². The van der Waals surface area contributed by atoms with Crippen molar-refractivity contribution in [2.45, 2.75) is 19.4 Å².